The van der Waals surface area contributed by atoms with E-state index in [1.165, 1.54) is 22.8 Å². The number of amides is 1. The van der Waals surface area contributed by atoms with Gasteiger partial charge in [-0.3, -0.25) is 24.4 Å². The summed E-state index contributed by atoms with van der Waals surface area (Å²) in [4.78, 5) is 38.9. The molecule has 0 unspecified atom stereocenters. The van der Waals surface area contributed by atoms with Crippen molar-refractivity contribution in [3.05, 3.63) is 38.9 Å². The fraction of sp³-hybridized carbons (Fsp3) is 0.529. The van der Waals surface area contributed by atoms with Gasteiger partial charge < -0.3 is 14.1 Å². The van der Waals surface area contributed by atoms with Gasteiger partial charge in [-0.1, -0.05) is 0 Å². The predicted octanol–water partition coefficient (Wildman–Crippen LogP) is 0.783. The molecule has 3 heterocycles. The van der Waals surface area contributed by atoms with Crippen molar-refractivity contribution in [2.75, 3.05) is 32.8 Å². The lowest BCUT2D eigenvalue weighted by Gasteiger charge is -2.35. The first-order valence-corrected chi connectivity index (χ1v) is 8.93. The number of nitro benzene ring substituents is 1. The Morgan fingerprint density at radius 1 is 1.26 bits per heavy atom. The van der Waals surface area contributed by atoms with Crippen LogP contribution in [-0.4, -0.2) is 64.1 Å². The van der Waals surface area contributed by atoms with Crippen molar-refractivity contribution >= 4 is 22.7 Å². The molecule has 0 bridgehead atoms. The second-order valence-corrected chi connectivity index (χ2v) is 6.79. The van der Waals surface area contributed by atoms with E-state index in [1.54, 1.807) is 4.90 Å². The van der Waals surface area contributed by atoms with Crippen molar-refractivity contribution < 1.29 is 18.9 Å². The van der Waals surface area contributed by atoms with E-state index in [4.69, 9.17) is 9.15 Å². The van der Waals surface area contributed by atoms with E-state index in [9.17, 15) is 19.7 Å². The normalized spacial score (nSPS) is 21.0. The highest BCUT2D eigenvalue weighted by molar-refractivity contribution is 5.81. The summed E-state index contributed by atoms with van der Waals surface area (Å²) in [6.45, 7) is 3.22. The van der Waals surface area contributed by atoms with E-state index in [1.807, 2.05) is 4.90 Å². The van der Waals surface area contributed by atoms with E-state index in [-0.39, 0.29) is 24.4 Å². The number of aromatic nitrogens is 1. The molecule has 2 fully saturated rings. The van der Waals surface area contributed by atoms with E-state index in [0.717, 1.165) is 12.8 Å². The zero-order valence-corrected chi connectivity index (χ0v) is 14.7. The van der Waals surface area contributed by atoms with Gasteiger partial charge in [-0.05, 0) is 18.9 Å². The number of carbonyl (C=O) groups is 1. The number of benzene rings is 1. The third-order valence-electron chi connectivity index (χ3n) is 5.09. The number of ether oxygens (including phenoxy) is 1. The number of non-ortho nitro benzene ring substituents is 1. The summed E-state index contributed by atoms with van der Waals surface area (Å²) in [6.07, 6.45) is 1.37. The lowest BCUT2D eigenvalue weighted by Crippen LogP contribution is -2.51. The predicted molar refractivity (Wildman–Crippen MR) is 94.3 cm³/mol. The van der Waals surface area contributed by atoms with E-state index < -0.39 is 10.7 Å². The first-order chi connectivity index (χ1) is 13.0. The molecule has 4 rings (SSSR count). The van der Waals surface area contributed by atoms with Crippen molar-refractivity contribution in [3.63, 3.8) is 0 Å². The number of oxazole rings is 1. The Labute approximate surface area is 154 Å². The molecule has 10 nitrogen and oxygen atoms in total. The first kappa shape index (κ1) is 17.7. The molecule has 10 heteroatoms. The number of carbonyl (C=O) groups excluding carboxylic acids is 1. The maximum Gasteiger partial charge on any atom is 0.421 e. The van der Waals surface area contributed by atoms with Crippen LogP contribution in [-0.2, 0) is 16.2 Å². The number of nitro groups is 1. The summed E-state index contributed by atoms with van der Waals surface area (Å²) in [6, 6.07) is 4.09. The van der Waals surface area contributed by atoms with Crippen LogP contribution < -0.4 is 5.76 Å². The summed E-state index contributed by atoms with van der Waals surface area (Å²) >= 11 is 0. The first-order valence-electron chi connectivity index (χ1n) is 8.93. The zero-order chi connectivity index (χ0) is 19.0. The van der Waals surface area contributed by atoms with Crippen LogP contribution in [0.25, 0.3) is 11.1 Å². The van der Waals surface area contributed by atoms with Crippen molar-refractivity contribution in [1.29, 1.82) is 0 Å². The van der Waals surface area contributed by atoms with Gasteiger partial charge in [0.2, 0.25) is 0 Å². The number of hydrogen-bond donors (Lipinski definition) is 0. The van der Waals surface area contributed by atoms with Crippen LogP contribution in [0.5, 0.6) is 0 Å². The van der Waals surface area contributed by atoms with Gasteiger partial charge in [0.05, 0.1) is 17.1 Å². The highest BCUT2D eigenvalue weighted by Crippen LogP contribution is 2.21. The number of fused-ring (bicyclic) bond motifs is 1. The van der Waals surface area contributed by atoms with Crippen LogP contribution in [0, 0.1) is 10.1 Å². The van der Waals surface area contributed by atoms with Crippen LogP contribution in [0.4, 0.5) is 5.69 Å². The maximum absolute atomic E-state index is 12.4. The largest absolute Gasteiger partial charge is 0.421 e. The number of nitrogens with zero attached hydrogens (tertiary/aromatic N) is 4. The van der Waals surface area contributed by atoms with Crippen molar-refractivity contribution in [1.82, 2.24) is 14.4 Å². The highest BCUT2D eigenvalue weighted by atomic mass is 16.6. The molecular weight excluding hydrogens is 356 g/mol. The number of rotatable bonds is 4. The molecule has 2 aliphatic heterocycles. The summed E-state index contributed by atoms with van der Waals surface area (Å²) < 4.78 is 12.0. The second kappa shape index (κ2) is 7.12. The number of hydrogen-bond acceptors (Lipinski definition) is 7. The zero-order valence-electron chi connectivity index (χ0n) is 14.7. The Hall–Kier alpha value is -2.72. The Morgan fingerprint density at radius 3 is 2.70 bits per heavy atom. The van der Waals surface area contributed by atoms with Gasteiger partial charge >= 0.3 is 5.76 Å². The van der Waals surface area contributed by atoms with Gasteiger partial charge in [-0.15, -0.1) is 0 Å². The lowest BCUT2D eigenvalue weighted by molar-refractivity contribution is -0.384. The topological polar surface area (TPSA) is 111 Å². The molecule has 0 N–H and O–H groups in total. The fourth-order valence-corrected chi connectivity index (χ4v) is 3.58. The van der Waals surface area contributed by atoms with Gasteiger partial charge in [-0.2, -0.15) is 0 Å². The summed E-state index contributed by atoms with van der Waals surface area (Å²) in [5.74, 6) is -0.517. The molecule has 1 atom stereocenters. The molecule has 2 saturated heterocycles. The van der Waals surface area contributed by atoms with Gasteiger partial charge in [0.1, 0.15) is 6.10 Å². The monoisotopic (exact) mass is 376 g/mol. The molecule has 0 aliphatic carbocycles. The lowest BCUT2D eigenvalue weighted by atomic mass is 10.2. The Balaban J connectivity index is 1.45. The van der Waals surface area contributed by atoms with Crippen molar-refractivity contribution in [2.45, 2.75) is 25.6 Å². The molecule has 1 amide bonds. The minimum Gasteiger partial charge on any atom is -0.408 e. The average molecular weight is 376 g/mol. The van der Waals surface area contributed by atoms with Crippen LogP contribution in [0.15, 0.2) is 27.4 Å². The standard InChI is InChI=1S/C17H20N4O6/c22-16(15-2-1-9-26-15)19-7-5-18(6-8-19)11-20-13-10-12(21(24)25)3-4-14(13)27-17(20)23/h3-4,10,15H,1-2,5-9,11H2/t15-/m0/s1. The van der Waals surface area contributed by atoms with Crippen molar-refractivity contribution in [2.24, 2.45) is 0 Å². The fourth-order valence-electron chi connectivity index (χ4n) is 3.58. The van der Waals surface area contributed by atoms with Crippen molar-refractivity contribution in [3.8, 4) is 0 Å². The quantitative estimate of drug-likeness (QED) is 0.573. The van der Waals surface area contributed by atoms with Gasteiger partial charge in [0, 0.05) is 44.9 Å². The number of piperazine rings is 1. The summed E-state index contributed by atoms with van der Waals surface area (Å²) in [5, 5.41) is 11.0. The Morgan fingerprint density at radius 2 is 2.04 bits per heavy atom. The molecule has 2 aliphatic rings. The third kappa shape index (κ3) is 3.45. The molecule has 0 saturated carbocycles. The SMILES string of the molecule is O=C([C@@H]1CCCO1)N1CCN(Cn2c(=O)oc3ccc([N+](=O)[O-])cc32)CC1. The third-order valence-corrected chi connectivity index (χ3v) is 5.09. The minimum absolute atomic E-state index is 0.0358. The molecule has 2 aromatic rings. The van der Waals surface area contributed by atoms with Crippen LogP contribution in [0.1, 0.15) is 12.8 Å². The molecule has 0 spiro atoms. The summed E-state index contributed by atoms with van der Waals surface area (Å²) in [7, 11) is 0. The molecular formula is C17H20N4O6. The molecule has 27 heavy (non-hydrogen) atoms. The molecule has 144 valence electrons. The minimum atomic E-state index is -0.552. The van der Waals surface area contributed by atoms with Crippen LogP contribution >= 0.6 is 0 Å². The van der Waals surface area contributed by atoms with E-state index >= 15 is 0 Å². The molecule has 1 aromatic carbocycles. The van der Waals surface area contributed by atoms with E-state index in [0.29, 0.717) is 43.9 Å². The smallest absolute Gasteiger partial charge is 0.408 e. The van der Waals surface area contributed by atoms with Gasteiger partial charge in [0.25, 0.3) is 11.6 Å². The van der Waals surface area contributed by atoms with Gasteiger partial charge in [-0.25, -0.2) is 4.79 Å². The highest BCUT2D eigenvalue weighted by Gasteiger charge is 2.30. The average Bonchev–Trinajstić information content (AvgIpc) is 3.30. The maximum atomic E-state index is 12.4. The van der Waals surface area contributed by atoms with Crippen LogP contribution in [0.3, 0.4) is 0 Å². The van der Waals surface area contributed by atoms with Crippen LogP contribution in [0.2, 0.25) is 0 Å². The van der Waals surface area contributed by atoms with E-state index in [2.05, 4.69) is 0 Å². The Bertz CT molecular complexity index is 921. The molecule has 0 radical (unpaired) electrons. The Kier molecular flexibility index (Phi) is 4.66. The van der Waals surface area contributed by atoms with Gasteiger partial charge in [0.15, 0.2) is 5.58 Å². The second-order valence-electron chi connectivity index (χ2n) is 6.79. The summed E-state index contributed by atoms with van der Waals surface area (Å²) in [5.41, 5.74) is 0.619. The molecule has 1 aromatic heterocycles.